The van der Waals surface area contributed by atoms with E-state index in [0.29, 0.717) is 23.2 Å². The molecule has 18 heavy (non-hydrogen) atoms. The summed E-state index contributed by atoms with van der Waals surface area (Å²) >= 11 is 1.99. The number of hydrogen-bond donors (Lipinski definition) is 1. The first-order chi connectivity index (χ1) is 8.57. The SMILES string of the molecule is CC1(C)CCN(C(=O)CNC2CCCC2)CCS1. The summed E-state index contributed by atoms with van der Waals surface area (Å²) in [7, 11) is 0. The number of nitrogens with zero attached hydrogens (tertiary/aromatic N) is 1. The van der Waals surface area contributed by atoms with Gasteiger partial charge in [-0.15, -0.1) is 0 Å². The van der Waals surface area contributed by atoms with Crippen LogP contribution in [0.2, 0.25) is 0 Å². The van der Waals surface area contributed by atoms with Gasteiger partial charge in [0.05, 0.1) is 6.54 Å². The van der Waals surface area contributed by atoms with Crippen LogP contribution in [0.1, 0.15) is 46.0 Å². The number of nitrogens with one attached hydrogen (secondary N) is 1. The fraction of sp³-hybridized carbons (Fsp3) is 0.929. The molecule has 1 N–H and O–H groups in total. The molecule has 2 fully saturated rings. The Morgan fingerprint density at radius 1 is 1.33 bits per heavy atom. The zero-order valence-corrected chi connectivity index (χ0v) is 12.5. The summed E-state index contributed by atoms with van der Waals surface area (Å²) in [6.07, 6.45) is 6.24. The minimum atomic E-state index is 0.292. The molecule has 0 aromatic rings. The van der Waals surface area contributed by atoms with E-state index in [1.54, 1.807) is 0 Å². The van der Waals surface area contributed by atoms with Crippen molar-refractivity contribution in [3.05, 3.63) is 0 Å². The lowest BCUT2D eigenvalue weighted by Crippen LogP contribution is -2.42. The van der Waals surface area contributed by atoms with Gasteiger partial charge in [0.15, 0.2) is 0 Å². The number of hydrogen-bond acceptors (Lipinski definition) is 3. The standard InChI is InChI=1S/C14H26N2OS/c1-14(2)7-8-16(9-10-18-14)13(17)11-15-12-5-3-4-6-12/h12,15H,3-11H2,1-2H3. The minimum Gasteiger partial charge on any atom is -0.341 e. The van der Waals surface area contributed by atoms with Crippen molar-refractivity contribution in [1.29, 1.82) is 0 Å². The van der Waals surface area contributed by atoms with E-state index in [2.05, 4.69) is 19.2 Å². The Balaban J connectivity index is 1.74. The van der Waals surface area contributed by atoms with Gasteiger partial charge in [-0.1, -0.05) is 26.7 Å². The average Bonchev–Trinajstić information content (AvgIpc) is 2.77. The van der Waals surface area contributed by atoms with Gasteiger partial charge in [-0.05, 0) is 19.3 Å². The normalized spacial score (nSPS) is 25.1. The molecule has 0 aromatic heterocycles. The van der Waals surface area contributed by atoms with Gasteiger partial charge in [0.2, 0.25) is 5.91 Å². The molecule has 1 aliphatic carbocycles. The van der Waals surface area contributed by atoms with Gasteiger partial charge in [-0.2, -0.15) is 11.8 Å². The van der Waals surface area contributed by atoms with E-state index >= 15 is 0 Å². The summed E-state index contributed by atoms with van der Waals surface area (Å²) in [5.74, 6) is 1.36. The predicted octanol–water partition coefficient (Wildman–Crippen LogP) is 2.26. The minimum absolute atomic E-state index is 0.292. The lowest BCUT2D eigenvalue weighted by atomic mass is 10.1. The molecule has 4 heteroatoms. The molecule has 0 aromatic carbocycles. The Kier molecular flexibility index (Phi) is 4.96. The van der Waals surface area contributed by atoms with Crippen LogP contribution in [0.3, 0.4) is 0 Å². The molecule has 1 amide bonds. The largest absolute Gasteiger partial charge is 0.341 e. The van der Waals surface area contributed by atoms with Gasteiger partial charge in [0, 0.05) is 29.6 Å². The molecule has 1 heterocycles. The molecule has 0 unspecified atom stereocenters. The number of rotatable bonds is 3. The van der Waals surface area contributed by atoms with E-state index in [1.807, 2.05) is 16.7 Å². The smallest absolute Gasteiger partial charge is 0.236 e. The third-order valence-corrected chi connectivity index (χ3v) is 5.46. The highest BCUT2D eigenvalue weighted by atomic mass is 32.2. The second kappa shape index (κ2) is 6.29. The number of carbonyl (C=O) groups excluding carboxylic acids is 1. The second-order valence-corrected chi connectivity index (χ2v) is 7.90. The molecular weight excluding hydrogens is 244 g/mol. The Hall–Kier alpha value is -0.220. The van der Waals surface area contributed by atoms with Crippen LogP contribution in [0.5, 0.6) is 0 Å². The van der Waals surface area contributed by atoms with Crippen molar-refractivity contribution in [3.8, 4) is 0 Å². The van der Waals surface area contributed by atoms with E-state index in [4.69, 9.17) is 0 Å². The molecule has 1 saturated carbocycles. The van der Waals surface area contributed by atoms with Crippen LogP contribution in [0, 0.1) is 0 Å². The molecule has 1 aliphatic heterocycles. The maximum absolute atomic E-state index is 12.2. The maximum atomic E-state index is 12.2. The van der Waals surface area contributed by atoms with Gasteiger partial charge >= 0.3 is 0 Å². The molecule has 104 valence electrons. The first kappa shape index (κ1) is 14.2. The summed E-state index contributed by atoms with van der Waals surface area (Å²) < 4.78 is 0.327. The van der Waals surface area contributed by atoms with Crippen molar-refractivity contribution in [2.24, 2.45) is 0 Å². The quantitative estimate of drug-likeness (QED) is 0.854. The van der Waals surface area contributed by atoms with Gasteiger partial charge in [0.1, 0.15) is 0 Å². The molecule has 0 radical (unpaired) electrons. The molecular formula is C14H26N2OS. The second-order valence-electron chi connectivity index (χ2n) is 6.10. The molecule has 3 nitrogen and oxygen atoms in total. The molecule has 0 atom stereocenters. The van der Waals surface area contributed by atoms with Crippen molar-refractivity contribution in [2.45, 2.75) is 56.7 Å². The maximum Gasteiger partial charge on any atom is 0.236 e. The van der Waals surface area contributed by atoms with Crippen LogP contribution >= 0.6 is 11.8 Å². The first-order valence-corrected chi connectivity index (χ1v) is 8.20. The Morgan fingerprint density at radius 2 is 2.06 bits per heavy atom. The zero-order valence-electron chi connectivity index (χ0n) is 11.7. The van der Waals surface area contributed by atoms with Crippen LogP contribution in [0.15, 0.2) is 0 Å². The van der Waals surface area contributed by atoms with Gasteiger partial charge in [0.25, 0.3) is 0 Å². The number of carbonyl (C=O) groups is 1. The molecule has 0 spiro atoms. The topological polar surface area (TPSA) is 32.3 Å². The van der Waals surface area contributed by atoms with E-state index < -0.39 is 0 Å². The summed E-state index contributed by atoms with van der Waals surface area (Å²) in [5, 5.41) is 3.42. The highest BCUT2D eigenvalue weighted by Crippen LogP contribution is 2.30. The zero-order chi connectivity index (χ0) is 13.0. The van der Waals surface area contributed by atoms with E-state index in [0.717, 1.165) is 25.3 Å². The van der Waals surface area contributed by atoms with E-state index in [-0.39, 0.29) is 0 Å². The van der Waals surface area contributed by atoms with Crippen molar-refractivity contribution in [3.63, 3.8) is 0 Å². The van der Waals surface area contributed by atoms with E-state index in [9.17, 15) is 4.79 Å². The van der Waals surface area contributed by atoms with Gasteiger partial charge < -0.3 is 10.2 Å². The van der Waals surface area contributed by atoms with Crippen LogP contribution in [-0.2, 0) is 4.79 Å². The Morgan fingerprint density at radius 3 is 2.78 bits per heavy atom. The molecule has 0 bridgehead atoms. The Labute approximate surface area is 115 Å². The summed E-state index contributed by atoms with van der Waals surface area (Å²) in [6.45, 7) is 6.94. The molecule has 2 rings (SSSR count). The summed E-state index contributed by atoms with van der Waals surface area (Å²) in [5.41, 5.74) is 0. The number of thioether (sulfide) groups is 1. The van der Waals surface area contributed by atoms with Gasteiger partial charge in [-0.25, -0.2) is 0 Å². The van der Waals surface area contributed by atoms with Crippen molar-refractivity contribution < 1.29 is 4.79 Å². The van der Waals surface area contributed by atoms with Crippen LogP contribution in [-0.4, -0.2) is 47.0 Å². The number of amides is 1. The summed E-state index contributed by atoms with van der Waals surface area (Å²) in [4.78, 5) is 14.2. The fourth-order valence-electron chi connectivity index (χ4n) is 2.74. The average molecular weight is 270 g/mol. The van der Waals surface area contributed by atoms with Crippen LogP contribution < -0.4 is 5.32 Å². The summed E-state index contributed by atoms with van der Waals surface area (Å²) in [6, 6.07) is 0.590. The molecule has 1 saturated heterocycles. The predicted molar refractivity (Wildman–Crippen MR) is 78.0 cm³/mol. The third-order valence-electron chi connectivity index (χ3n) is 4.09. The van der Waals surface area contributed by atoms with Crippen LogP contribution in [0.4, 0.5) is 0 Å². The van der Waals surface area contributed by atoms with Gasteiger partial charge in [-0.3, -0.25) is 4.79 Å². The monoisotopic (exact) mass is 270 g/mol. The van der Waals surface area contributed by atoms with E-state index in [1.165, 1.54) is 25.7 Å². The van der Waals surface area contributed by atoms with Crippen molar-refractivity contribution >= 4 is 17.7 Å². The van der Waals surface area contributed by atoms with Crippen molar-refractivity contribution in [2.75, 3.05) is 25.4 Å². The first-order valence-electron chi connectivity index (χ1n) is 7.22. The highest BCUT2D eigenvalue weighted by molar-refractivity contribution is 8.00. The van der Waals surface area contributed by atoms with Crippen molar-refractivity contribution in [1.82, 2.24) is 10.2 Å². The lowest BCUT2D eigenvalue weighted by molar-refractivity contribution is -0.130. The fourth-order valence-corrected chi connectivity index (χ4v) is 3.84. The third kappa shape index (κ3) is 4.16. The highest BCUT2D eigenvalue weighted by Gasteiger charge is 2.26. The van der Waals surface area contributed by atoms with Crippen LogP contribution in [0.25, 0.3) is 0 Å². The lowest BCUT2D eigenvalue weighted by Gasteiger charge is -2.23. The Bertz CT molecular complexity index is 288. The molecule has 2 aliphatic rings.